The molecule has 0 saturated carbocycles. The zero-order chi connectivity index (χ0) is 13.7. The summed E-state index contributed by atoms with van der Waals surface area (Å²) in [5, 5.41) is 8.64. The van der Waals surface area contributed by atoms with Crippen molar-refractivity contribution in [2.24, 2.45) is 0 Å². The van der Waals surface area contributed by atoms with Gasteiger partial charge in [-0.2, -0.15) is 5.26 Å². The normalized spacial score (nSPS) is 19.9. The SMILES string of the molecule is CCN1CCOC(COc2ccc(C#N)c(F)c2)C1. The number of nitriles is 1. The molecule has 1 unspecified atom stereocenters. The Hall–Kier alpha value is -1.64. The van der Waals surface area contributed by atoms with Crippen LogP contribution in [0.4, 0.5) is 4.39 Å². The van der Waals surface area contributed by atoms with Gasteiger partial charge in [-0.1, -0.05) is 6.92 Å². The highest BCUT2D eigenvalue weighted by Gasteiger charge is 2.19. The molecule has 0 bridgehead atoms. The van der Waals surface area contributed by atoms with Crippen LogP contribution < -0.4 is 4.74 Å². The number of hydrogen-bond donors (Lipinski definition) is 0. The van der Waals surface area contributed by atoms with Crippen molar-refractivity contribution < 1.29 is 13.9 Å². The molecule has 0 spiro atoms. The predicted octanol–water partition coefficient (Wildman–Crippen LogP) is 1.80. The summed E-state index contributed by atoms with van der Waals surface area (Å²) in [5.74, 6) is -0.131. The van der Waals surface area contributed by atoms with Gasteiger partial charge in [0.05, 0.1) is 12.2 Å². The molecule has 0 amide bonds. The topological polar surface area (TPSA) is 45.5 Å². The van der Waals surface area contributed by atoms with Gasteiger partial charge < -0.3 is 9.47 Å². The lowest BCUT2D eigenvalue weighted by atomic mass is 10.2. The molecule has 1 aliphatic heterocycles. The van der Waals surface area contributed by atoms with Crippen LogP contribution in [0.1, 0.15) is 12.5 Å². The molecule has 1 saturated heterocycles. The van der Waals surface area contributed by atoms with Gasteiger partial charge in [-0.3, -0.25) is 4.90 Å². The molecule has 0 radical (unpaired) electrons. The lowest BCUT2D eigenvalue weighted by molar-refractivity contribution is -0.0464. The van der Waals surface area contributed by atoms with Crippen molar-refractivity contribution in [1.29, 1.82) is 5.26 Å². The van der Waals surface area contributed by atoms with Gasteiger partial charge in [0.15, 0.2) is 0 Å². The molecule has 1 aromatic rings. The molecule has 0 aliphatic carbocycles. The van der Waals surface area contributed by atoms with E-state index >= 15 is 0 Å². The molecular formula is C14H17FN2O2. The van der Waals surface area contributed by atoms with E-state index in [1.54, 1.807) is 12.1 Å². The van der Waals surface area contributed by atoms with Crippen LogP contribution in [-0.4, -0.2) is 43.9 Å². The molecule has 1 atom stereocenters. The number of hydrogen-bond acceptors (Lipinski definition) is 4. The maximum atomic E-state index is 13.4. The van der Waals surface area contributed by atoms with Crippen molar-refractivity contribution >= 4 is 0 Å². The molecule has 0 N–H and O–H groups in total. The third-order valence-electron chi connectivity index (χ3n) is 3.17. The van der Waals surface area contributed by atoms with Crippen molar-refractivity contribution in [3.05, 3.63) is 29.6 Å². The highest BCUT2D eigenvalue weighted by atomic mass is 19.1. The van der Waals surface area contributed by atoms with Crippen LogP contribution in [0.25, 0.3) is 0 Å². The van der Waals surface area contributed by atoms with Crippen LogP contribution in [0.3, 0.4) is 0 Å². The first kappa shape index (κ1) is 13.8. The minimum atomic E-state index is -0.556. The number of halogens is 1. The van der Waals surface area contributed by atoms with E-state index in [-0.39, 0.29) is 11.7 Å². The van der Waals surface area contributed by atoms with Gasteiger partial charge >= 0.3 is 0 Å². The van der Waals surface area contributed by atoms with E-state index < -0.39 is 5.82 Å². The zero-order valence-corrected chi connectivity index (χ0v) is 10.9. The van der Waals surface area contributed by atoms with E-state index in [0.717, 1.165) is 19.6 Å². The molecule has 4 nitrogen and oxygen atoms in total. The Balaban J connectivity index is 1.88. The van der Waals surface area contributed by atoms with Crippen LogP contribution >= 0.6 is 0 Å². The minimum Gasteiger partial charge on any atom is -0.491 e. The number of ether oxygens (including phenoxy) is 2. The van der Waals surface area contributed by atoms with Crippen LogP contribution in [-0.2, 0) is 4.74 Å². The molecule has 0 aromatic heterocycles. The van der Waals surface area contributed by atoms with Crippen molar-refractivity contribution in [2.75, 3.05) is 32.8 Å². The monoisotopic (exact) mass is 264 g/mol. The van der Waals surface area contributed by atoms with Crippen molar-refractivity contribution in [2.45, 2.75) is 13.0 Å². The fourth-order valence-corrected chi connectivity index (χ4v) is 2.03. The second kappa shape index (κ2) is 6.50. The Morgan fingerprint density at radius 1 is 1.58 bits per heavy atom. The first-order valence-corrected chi connectivity index (χ1v) is 6.39. The molecule has 2 rings (SSSR count). The summed E-state index contributed by atoms with van der Waals surface area (Å²) in [5.41, 5.74) is 0.0263. The van der Waals surface area contributed by atoms with Crippen LogP contribution in [0.15, 0.2) is 18.2 Å². The molecule has 1 aliphatic rings. The van der Waals surface area contributed by atoms with Gasteiger partial charge in [-0.15, -0.1) is 0 Å². The molecule has 1 aromatic carbocycles. The maximum absolute atomic E-state index is 13.4. The highest BCUT2D eigenvalue weighted by Crippen LogP contribution is 2.17. The first-order valence-electron chi connectivity index (χ1n) is 6.39. The molecule has 1 heterocycles. The standard InChI is InChI=1S/C14H17FN2O2/c1-2-17-5-6-18-13(9-17)10-19-12-4-3-11(8-16)14(15)7-12/h3-4,7,13H,2,5-6,9-10H2,1H3. The van der Waals surface area contributed by atoms with Gasteiger partial charge in [-0.05, 0) is 18.7 Å². The lowest BCUT2D eigenvalue weighted by Gasteiger charge is -2.31. The second-order valence-electron chi connectivity index (χ2n) is 4.45. The van der Waals surface area contributed by atoms with Crippen molar-refractivity contribution in [1.82, 2.24) is 4.90 Å². The smallest absolute Gasteiger partial charge is 0.144 e. The summed E-state index contributed by atoms with van der Waals surface area (Å²) < 4.78 is 24.5. The van der Waals surface area contributed by atoms with E-state index in [0.29, 0.717) is 19.0 Å². The van der Waals surface area contributed by atoms with Gasteiger partial charge in [0.2, 0.25) is 0 Å². The lowest BCUT2D eigenvalue weighted by Crippen LogP contribution is -2.44. The number of rotatable bonds is 4. The Morgan fingerprint density at radius 2 is 2.42 bits per heavy atom. The Kier molecular flexibility index (Phi) is 4.72. The highest BCUT2D eigenvalue weighted by molar-refractivity contribution is 5.36. The Morgan fingerprint density at radius 3 is 3.11 bits per heavy atom. The minimum absolute atomic E-state index is 0.00686. The third kappa shape index (κ3) is 3.66. The Labute approximate surface area is 112 Å². The summed E-state index contributed by atoms with van der Waals surface area (Å²) in [4.78, 5) is 2.29. The largest absolute Gasteiger partial charge is 0.491 e. The summed E-state index contributed by atoms with van der Waals surface area (Å²) >= 11 is 0. The summed E-state index contributed by atoms with van der Waals surface area (Å²) in [6, 6.07) is 6.04. The van der Waals surface area contributed by atoms with Gasteiger partial charge in [-0.25, -0.2) is 4.39 Å². The van der Waals surface area contributed by atoms with Crippen molar-refractivity contribution in [3.8, 4) is 11.8 Å². The number of morpholine rings is 1. The second-order valence-corrected chi connectivity index (χ2v) is 4.45. The fourth-order valence-electron chi connectivity index (χ4n) is 2.03. The summed E-state index contributed by atoms with van der Waals surface area (Å²) in [7, 11) is 0. The summed E-state index contributed by atoms with van der Waals surface area (Å²) in [6.07, 6.45) is 0.00686. The van der Waals surface area contributed by atoms with E-state index in [9.17, 15) is 4.39 Å². The first-order chi connectivity index (χ1) is 9.22. The Bertz CT molecular complexity index is 473. The van der Waals surface area contributed by atoms with Crippen LogP contribution in [0, 0.1) is 17.1 Å². The molecule has 19 heavy (non-hydrogen) atoms. The van der Waals surface area contributed by atoms with E-state index in [4.69, 9.17) is 14.7 Å². The number of likely N-dealkylation sites (N-methyl/N-ethyl adjacent to an activating group) is 1. The van der Waals surface area contributed by atoms with Gasteiger partial charge in [0.1, 0.15) is 30.3 Å². The average molecular weight is 264 g/mol. The van der Waals surface area contributed by atoms with E-state index in [2.05, 4.69) is 11.8 Å². The predicted molar refractivity (Wildman–Crippen MR) is 68.5 cm³/mol. The van der Waals surface area contributed by atoms with Crippen molar-refractivity contribution in [3.63, 3.8) is 0 Å². The molecule has 1 fully saturated rings. The van der Waals surface area contributed by atoms with Gasteiger partial charge in [0.25, 0.3) is 0 Å². The van der Waals surface area contributed by atoms with Gasteiger partial charge in [0, 0.05) is 19.2 Å². The van der Waals surface area contributed by atoms with E-state index in [1.807, 2.05) is 0 Å². The fraction of sp³-hybridized carbons (Fsp3) is 0.500. The number of nitrogens with zero attached hydrogens (tertiary/aromatic N) is 2. The maximum Gasteiger partial charge on any atom is 0.144 e. The van der Waals surface area contributed by atoms with Crippen LogP contribution in [0.5, 0.6) is 5.75 Å². The zero-order valence-electron chi connectivity index (χ0n) is 10.9. The average Bonchev–Trinajstić information content (AvgIpc) is 2.45. The van der Waals surface area contributed by atoms with Crippen LogP contribution in [0.2, 0.25) is 0 Å². The summed E-state index contributed by atoms with van der Waals surface area (Å²) in [6.45, 7) is 5.96. The molecular weight excluding hydrogens is 247 g/mol. The molecule has 5 heteroatoms. The number of benzene rings is 1. The third-order valence-corrected chi connectivity index (χ3v) is 3.17. The quantitative estimate of drug-likeness (QED) is 0.832. The van der Waals surface area contributed by atoms with E-state index in [1.165, 1.54) is 12.1 Å². The molecule has 102 valence electrons.